The minimum atomic E-state index is 1.13. The quantitative estimate of drug-likeness (QED) is 0.728. The van der Waals surface area contributed by atoms with Crippen LogP contribution < -0.4 is 0 Å². The van der Waals surface area contributed by atoms with E-state index < -0.39 is 0 Å². The monoisotopic (exact) mass is 308 g/mol. The Kier molecular flexibility index (Phi) is 4.69. The van der Waals surface area contributed by atoms with Gasteiger partial charge in [-0.15, -0.1) is 11.8 Å². The van der Waals surface area contributed by atoms with Gasteiger partial charge in [0.05, 0.1) is 0 Å². The molecule has 0 heterocycles. The normalized spacial score (nSPS) is 10.2. The van der Waals surface area contributed by atoms with Crippen molar-refractivity contribution in [2.75, 3.05) is 5.75 Å². The molecule has 0 aliphatic heterocycles. The van der Waals surface area contributed by atoms with Crippen LogP contribution in [-0.4, -0.2) is 5.75 Å². The molecule has 0 spiro atoms. The molecule has 0 bridgehead atoms. The molecule has 0 unspecified atom stereocenters. The second kappa shape index (κ2) is 5.30. The van der Waals surface area contributed by atoms with Crippen molar-refractivity contribution in [3.05, 3.63) is 27.1 Å². The van der Waals surface area contributed by atoms with Crippen LogP contribution in [0.25, 0.3) is 0 Å². The maximum atomic E-state index is 3.46. The van der Waals surface area contributed by atoms with Crippen LogP contribution in [0.5, 0.6) is 0 Å². The van der Waals surface area contributed by atoms with Crippen LogP contribution in [0, 0.1) is 0 Å². The molecule has 0 saturated carbocycles. The fraction of sp³-hybridized carbons (Fsp3) is 0.333. The Labute approximate surface area is 94.4 Å². The van der Waals surface area contributed by atoms with E-state index >= 15 is 0 Å². The maximum Gasteiger partial charge on any atom is 0.0197 e. The van der Waals surface area contributed by atoms with Gasteiger partial charge in [-0.1, -0.05) is 38.8 Å². The zero-order valence-corrected chi connectivity index (χ0v) is 10.8. The number of benzene rings is 1. The highest BCUT2D eigenvalue weighted by atomic mass is 79.9. The van der Waals surface area contributed by atoms with Gasteiger partial charge in [0.25, 0.3) is 0 Å². The number of hydrogen-bond acceptors (Lipinski definition) is 1. The molecule has 0 saturated heterocycles. The Balaban J connectivity index is 2.72. The van der Waals surface area contributed by atoms with Gasteiger partial charge in [0, 0.05) is 13.8 Å². The maximum absolute atomic E-state index is 3.46. The highest BCUT2D eigenvalue weighted by Gasteiger charge is 1.96. The van der Waals surface area contributed by atoms with Gasteiger partial charge in [-0.2, -0.15) is 0 Å². The smallest absolute Gasteiger partial charge is 0.0197 e. The SMILES string of the molecule is CCCSc1cc(Br)cc(Br)c1. The Morgan fingerprint density at radius 1 is 1.17 bits per heavy atom. The average molecular weight is 310 g/mol. The summed E-state index contributed by atoms with van der Waals surface area (Å²) in [5.74, 6) is 1.18. The molecule has 0 aliphatic rings. The molecule has 0 aliphatic carbocycles. The lowest BCUT2D eigenvalue weighted by Crippen LogP contribution is -1.76. The van der Waals surface area contributed by atoms with E-state index in [1.165, 1.54) is 17.1 Å². The second-order valence-electron chi connectivity index (χ2n) is 2.45. The zero-order chi connectivity index (χ0) is 8.97. The van der Waals surface area contributed by atoms with Crippen LogP contribution >= 0.6 is 43.6 Å². The van der Waals surface area contributed by atoms with Gasteiger partial charge in [-0.3, -0.25) is 0 Å². The van der Waals surface area contributed by atoms with Crippen LogP contribution in [-0.2, 0) is 0 Å². The van der Waals surface area contributed by atoms with E-state index in [-0.39, 0.29) is 0 Å². The Bertz CT molecular complexity index is 240. The first-order valence-corrected chi connectivity index (χ1v) is 6.38. The molecule has 0 fully saturated rings. The molecule has 0 amide bonds. The van der Waals surface area contributed by atoms with Crippen molar-refractivity contribution in [1.82, 2.24) is 0 Å². The van der Waals surface area contributed by atoms with E-state index in [4.69, 9.17) is 0 Å². The summed E-state index contributed by atoms with van der Waals surface area (Å²) in [6, 6.07) is 6.34. The van der Waals surface area contributed by atoms with Gasteiger partial charge in [-0.25, -0.2) is 0 Å². The lowest BCUT2D eigenvalue weighted by atomic mass is 10.4. The first-order valence-electron chi connectivity index (χ1n) is 3.81. The van der Waals surface area contributed by atoms with Crippen LogP contribution in [0.4, 0.5) is 0 Å². The molecule has 3 heteroatoms. The number of halogens is 2. The van der Waals surface area contributed by atoms with Crippen molar-refractivity contribution in [1.29, 1.82) is 0 Å². The number of thioether (sulfide) groups is 1. The minimum absolute atomic E-state index is 1.13. The predicted molar refractivity (Wildman–Crippen MR) is 62.9 cm³/mol. The van der Waals surface area contributed by atoms with Crippen molar-refractivity contribution in [3.63, 3.8) is 0 Å². The van der Waals surface area contributed by atoms with Crippen molar-refractivity contribution in [2.24, 2.45) is 0 Å². The Hall–Kier alpha value is 0.530. The first kappa shape index (κ1) is 10.6. The summed E-state index contributed by atoms with van der Waals surface area (Å²) < 4.78 is 2.27. The number of rotatable bonds is 3. The average Bonchev–Trinajstić information content (AvgIpc) is 1.99. The minimum Gasteiger partial charge on any atom is -0.126 e. The zero-order valence-electron chi connectivity index (χ0n) is 6.81. The standard InChI is InChI=1S/C9H10Br2S/c1-2-3-12-9-5-7(10)4-8(11)6-9/h4-6H,2-3H2,1H3. The highest BCUT2D eigenvalue weighted by molar-refractivity contribution is 9.11. The largest absolute Gasteiger partial charge is 0.126 e. The summed E-state index contributed by atoms with van der Waals surface area (Å²) in [6.45, 7) is 2.19. The molecule has 12 heavy (non-hydrogen) atoms. The van der Waals surface area contributed by atoms with E-state index in [2.05, 4.69) is 57.0 Å². The van der Waals surface area contributed by atoms with E-state index in [0.29, 0.717) is 0 Å². The van der Waals surface area contributed by atoms with Crippen molar-refractivity contribution in [2.45, 2.75) is 18.2 Å². The molecule has 0 N–H and O–H groups in total. The van der Waals surface area contributed by atoms with Gasteiger partial charge >= 0.3 is 0 Å². The van der Waals surface area contributed by atoms with E-state index in [0.717, 1.165) is 8.95 Å². The van der Waals surface area contributed by atoms with Crippen LogP contribution in [0.15, 0.2) is 32.0 Å². The molecule has 1 aromatic carbocycles. The summed E-state index contributed by atoms with van der Waals surface area (Å²) in [4.78, 5) is 1.32. The molecule has 1 rings (SSSR count). The first-order chi connectivity index (χ1) is 5.72. The Morgan fingerprint density at radius 2 is 1.75 bits per heavy atom. The summed E-state index contributed by atoms with van der Waals surface area (Å²) in [7, 11) is 0. The molecule has 66 valence electrons. The van der Waals surface area contributed by atoms with Gasteiger partial charge in [0.15, 0.2) is 0 Å². The summed E-state index contributed by atoms with van der Waals surface area (Å²) in [5, 5.41) is 0. The fourth-order valence-corrected chi connectivity index (χ4v) is 3.29. The summed E-state index contributed by atoms with van der Waals surface area (Å²) in [5.41, 5.74) is 0. The van der Waals surface area contributed by atoms with Crippen molar-refractivity contribution < 1.29 is 0 Å². The van der Waals surface area contributed by atoms with Crippen LogP contribution in [0.2, 0.25) is 0 Å². The number of hydrogen-bond donors (Lipinski definition) is 0. The van der Waals surface area contributed by atoms with E-state index in [1.807, 2.05) is 11.8 Å². The highest BCUT2D eigenvalue weighted by Crippen LogP contribution is 2.27. The lowest BCUT2D eigenvalue weighted by Gasteiger charge is -2.01. The third-order valence-electron chi connectivity index (χ3n) is 1.31. The molecule has 0 nitrogen and oxygen atoms in total. The third-order valence-corrected chi connectivity index (χ3v) is 3.41. The fourth-order valence-electron chi connectivity index (χ4n) is 0.832. The topological polar surface area (TPSA) is 0 Å². The summed E-state index contributed by atoms with van der Waals surface area (Å²) in [6.07, 6.45) is 1.22. The molecular weight excluding hydrogens is 300 g/mol. The van der Waals surface area contributed by atoms with Gasteiger partial charge < -0.3 is 0 Å². The second-order valence-corrected chi connectivity index (χ2v) is 5.45. The van der Waals surface area contributed by atoms with Crippen molar-refractivity contribution >= 4 is 43.6 Å². The molecule has 0 aromatic heterocycles. The van der Waals surface area contributed by atoms with Crippen LogP contribution in [0.3, 0.4) is 0 Å². The molecular formula is C9H10Br2S. The predicted octanol–water partition coefficient (Wildman–Crippen LogP) is 4.71. The molecule has 0 radical (unpaired) electrons. The lowest BCUT2D eigenvalue weighted by molar-refractivity contribution is 1.10. The molecule has 0 atom stereocenters. The molecule has 1 aromatic rings. The van der Waals surface area contributed by atoms with Gasteiger partial charge in [-0.05, 0) is 30.4 Å². The third kappa shape index (κ3) is 3.50. The van der Waals surface area contributed by atoms with Crippen LogP contribution in [0.1, 0.15) is 13.3 Å². The van der Waals surface area contributed by atoms with Gasteiger partial charge in [0.2, 0.25) is 0 Å². The Morgan fingerprint density at radius 3 is 2.25 bits per heavy atom. The summed E-state index contributed by atoms with van der Waals surface area (Å²) >= 11 is 8.81. The van der Waals surface area contributed by atoms with Gasteiger partial charge in [0.1, 0.15) is 0 Å². The van der Waals surface area contributed by atoms with E-state index in [1.54, 1.807) is 0 Å². The van der Waals surface area contributed by atoms with Crippen molar-refractivity contribution in [3.8, 4) is 0 Å². The van der Waals surface area contributed by atoms with E-state index in [9.17, 15) is 0 Å².